The van der Waals surface area contributed by atoms with Gasteiger partial charge in [0, 0.05) is 25.9 Å². The van der Waals surface area contributed by atoms with Crippen LogP contribution in [0.5, 0.6) is 0 Å². The van der Waals surface area contributed by atoms with E-state index in [2.05, 4.69) is 20.6 Å². The molecule has 120 valence electrons. The van der Waals surface area contributed by atoms with Crippen molar-refractivity contribution >= 4 is 11.5 Å². The number of nitrogens with one attached hydrogen (secondary N) is 1. The fourth-order valence-electron chi connectivity index (χ4n) is 2.11. The molecule has 0 amide bonds. The van der Waals surface area contributed by atoms with E-state index in [1.165, 1.54) is 4.68 Å². The Morgan fingerprint density at radius 3 is 2.77 bits per heavy atom. The van der Waals surface area contributed by atoms with E-state index in [0.29, 0.717) is 36.2 Å². The molecule has 2 heterocycles. The summed E-state index contributed by atoms with van der Waals surface area (Å²) in [7, 11) is 1.68. The number of hydrogen-bond acceptors (Lipinski definition) is 7. The van der Waals surface area contributed by atoms with Crippen molar-refractivity contribution in [1.29, 1.82) is 0 Å². The predicted octanol–water partition coefficient (Wildman–Crippen LogP) is 2.19. The van der Waals surface area contributed by atoms with E-state index in [1.54, 1.807) is 14.0 Å². The highest BCUT2D eigenvalue weighted by atomic mass is 16.6. The minimum atomic E-state index is -0.419. The zero-order valence-corrected chi connectivity index (χ0v) is 13.2. The van der Waals surface area contributed by atoms with Crippen LogP contribution in [0.15, 0.2) is 4.52 Å². The van der Waals surface area contributed by atoms with Crippen LogP contribution in [0.4, 0.5) is 11.5 Å². The largest absolute Gasteiger partial charge is 0.365 e. The van der Waals surface area contributed by atoms with E-state index in [4.69, 9.17) is 4.52 Å². The third-order valence-corrected chi connectivity index (χ3v) is 3.23. The van der Waals surface area contributed by atoms with Crippen LogP contribution in [0.1, 0.15) is 43.6 Å². The number of hydrogen-bond donors (Lipinski definition) is 1. The van der Waals surface area contributed by atoms with Gasteiger partial charge in [-0.25, -0.2) is 4.68 Å². The lowest BCUT2D eigenvalue weighted by Crippen LogP contribution is -2.09. The zero-order chi connectivity index (χ0) is 16.3. The van der Waals surface area contributed by atoms with Gasteiger partial charge in [-0.3, -0.25) is 10.1 Å². The fourth-order valence-corrected chi connectivity index (χ4v) is 2.11. The van der Waals surface area contributed by atoms with E-state index < -0.39 is 4.92 Å². The number of nitrogens with zero attached hydrogens (tertiary/aromatic N) is 5. The SMILES string of the molecule is Cc1nn(C)c(NCCCc2nc(C(C)C)no2)c1[N+](=O)[O-]. The molecule has 0 fully saturated rings. The maximum absolute atomic E-state index is 11.1. The Morgan fingerprint density at radius 1 is 1.45 bits per heavy atom. The van der Waals surface area contributed by atoms with E-state index in [0.717, 1.165) is 6.42 Å². The summed E-state index contributed by atoms with van der Waals surface area (Å²) in [5, 5.41) is 22.1. The van der Waals surface area contributed by atoms with E-state index in [1.807, 2.05) is 13.8 Å². The van der Waals surface area contributed by atoms with Gasteiger partial charge in [0.1, 0.15) is 5.69 Å². The van der Waals surface area contributed by atoms with Crippen LogP contribution in [0.25, 0.3) is 0 Å². The molecule has 9 nitrogen and oxygen atoms in total. The zero-order valence-electron chi connectivity index (χ0n) is 13.2. The molecule has 0 saturated carbocycles. The highest BCUT2D eigenvalue weighted by molar-refractivity contribution is 5.59. The van der Waals surface area contributed by atoms with Crippen molar-refractivity contribution in [1.82, 2.24) is 19.9 Å². The molecule has 2 aromatic rings. The van der Waals surface area contributed by atoms with Gasteiger partial charge in [-0.2, -0.15) is 10.1 Å². The molecule has 0 aromatic carbocycles. The monoisotopic (exact) mass is 308 g/mol. The van der Waals surface area contributed by atoms with Crippen LogP contribution in [0, 0.1) is 17.0 Å². The Balaban J connectivity index is 1.90. The van der Waals surface area contributed by atoms with Crippen LogP contribution in [0.3, 0.4) is 0 Å². The van der Waals surface area contributed by atoms with Gasteiger partial charge in [-0.05, 0) is 13.3 Å². The number of rotatable bonds is 7. The van der Waals surface area contributed by atoms with Crippen molar-refractivity contribution in [2.75, 3.05) is 11.9 Å². The Morgan fingerprint density at radius 2 is 2.18 bits per heavy atom. The van der Waals surface area contributed by atoms with Crippen LogP contribution in [-0.4, -0.2) is 31.4 Å². The van der Waals surface area contributed by atoms with Crippen molar-refractivity contribution < 1.29 is 9.45 Å². The molecule has 0 aliphatic heterocycles. The first-order valence-corrected chi connectivity index (χ1v) is 7.14. The Bertz CT molecular complexity index is 661. The molecule has 0 saturated heterocycles. The molecule has 0 radical (unpaired) electrons. The third-order valence-electron chi connectivity index (χ3n) is 3.23. The molecule has 0 aliphatic carbocycles. The lowest BCUT2D eigenvalue weighted by molar-refractivity contribution is -0.384. The summed E-state index contributed by atoms with van der Waals surface area (Å²) in [5.41, 5.74) is 0.413. The summed E-state index contributed by atoms with van der Waals surface area (Å²) in [6.45, 7) is 6.18. The first-order chi connectivity index (χ1) is 10.4. The summed E-state index contributed by atoms with van der Waals surface area (Å²) in [4.78, 5) is 14.9. The highest BCUT2D eigenvalue weighted by Crippen LogP contribution is 2.27. The molecule has 9 heteroatoms. The average molecular weight is 308 g/mol. The van der Waals surface area contributed by atoms with Crippen LogP contribution in [-0.2, 0) is 13.5 Å². The molecular weight excluding hydrogens is 288 g/mol. The normalized spacial score (nSPS) is 11.1. The van der Waals surface area contributed by atoms with Gasteiger partial charge < -0.3 is 9.84 Å². The second-order valence-corrected chi connectivity index (χ2v) is 5.39. The Kier molecular flexibility index (Phi) is 4.74. The standard InChI is InChI=1S/C13H20N6O3/c1-8(2)12-15-10(22-17-12)6-5-7-14-13-11(19(20)21)9(3)16-18(13)4/h8,14H,5-7H2,1-4H3. The fraction of sp³-hybridized carbons (Fsp3) is 0.615. The smallest absolute Gasteiger partial charge is 0.333 e. The molecule has 2 rings (SSSR count). The molecule has 0 bridgehead atoms. The van der Waals surface area contributed by atoms with Crippen LogP contribution >= 0.6 is 0 Å². The van der Waals surface area contributed by atoms with Gasteiger partial charge in [-0.15, -0.1) is 0 Å². The summed E-state index contributed by atoms with van der Waals surface area (Å²) in [6, 6.07) is 0. The van der Waals surface area contributed by atoms with Crippen molar-refractivity contribution in [3.63, 3.8) is 0 Å². The first kappa shape index (κ1) is 15.9. The topological polar surface area (TPSA) is 112 Å². The van der Waals surface area contributed by atoms with E-state index in [-0.39, 0.29) is 11.6 Å². The van der Waals surface area contributed by atoms with Gasteiger partial charge in [0.15, 0.2) is 5.82 Å². The van der Waals surface area contributed by atoms with Crippen molar-refractivity contribution in [3.8, 4) is 0 Å². The molecule has 0 unspecified atom stereocenters. The predicted molar refractivity (Wildman–Crippen MR) is 79.8 cm³/mol. The quantitative estimate of drug-likeness (QED) is 0.474. The maximum atomic E-state index is 11.1. The number of aromatic nitrogens is 4. The van der Waals surface area contributed by atoms with Gasteiger partial charge in [0.05, 0.1) is 4.92 Å². The number of anilines is 1. The Labute approximate surface area is 127 Å². The Hall–Kier alpha value is -2.45. The van der Waals surface area contributed by atoms with Crippen LogP contribution < -0.4 is 5.32 Å². The van der Waals surface area contributed by atoms with Gasteiger partial charge in [-0.1, -0.05) is 19.0 Å². The highest BCUT2D eigenvalue weighted by Gasteiger charge is 2.23. The lowest BCUT2D eigenvalue weighted by atomic mass is 10.2. The van der Waals surface area contributed by atoms with Crippen molar-refractivity contribution in [2.24, 2.45) is 7.05 Å². The lowest BCUT2D eigenvalue weighted by Gasteiger charge is -2.04. The molecule has 2 aromatic heterocycles. The molecule has 22 heavy (non-hydrogen) atoms. The second kappa shape index (κ2) is 6.54. The number of aryl methyl sites for hydroxylation is 3. The third kappa shape index (κ3) is 3.41. The van der Waals surface area contributed by atoms with Gasteiger partial charge in [0.25, 0.3) is 0 Å². The number of nitro groups is 1. The van der Waals surface area contributed by atoms with Gasteiger partial charge in [0.2, 0.25) is 11.7 Å². The molecule has 0 atom stereocenters. The summed E-state index contributed by atoms with van der Waals surface area (Å²) < 4.78 is 6.64. The molecule has 0 aliphatic rings. The average Bonchev–Trinajstić information content (AvgIpc) is 2.99. The van der Waals surface area contributed by atoms with Gasteiger partial charge >= 0.3 is 5.69 Å². The van der Waals surface area contributed by atoms with Crippen LogP contribution in [0.2, 0.25) is 0 Å². The van der Waals surface area contributed by atoms with E-state index >= 15 is 0 Å². The maximum Gasteiger partial charge on any atom is 0.333 e. The van der Waals surface area contributed by atoms with E-state index in [9.17, 15) is 10.1 Å². The van der Waals surface area contributed by atoms with Crippen molar-refractivity contribution in [2.45, 2.75) is 39.5 Å². The van der Waals surface area contributed by atoms with Crippen molar-refractivity contribution in [3.05, 3.63) is 27.5 Å². The second-order valence-electron chi connectivity index (χ2n) is 5.39. The molecule has 0 spiro atoms. The summed E-state index contributed by atoms with van der Waals surface area (Å²) in [6.07, 6.45) is 1.35. The minimum Gasteiger partial charge on any atom is -0.365 e. The molecular formula is C13H20N6O3. The summed E-state index contributed by atoms with van der Waals surface area (Å²) >= 11 is 0. The first-order valence-electron chi connectivity index (χ1n) is 7.14. The summed E-state index contributed by atoms with van der Waals surface area (Å²) in [5.74, 6) is 1.92. The molecule has 1 N–H and O–H groups in total. The minimum absolute atomic E-state index is 0.0161.